The summed E-state index contributed by atoms with van der Waals surface area (Å²) in [6, 6.07) is 15.4. The van der Waals surface area contributed by atoms with Gasteiger partial charge in [0.15, 0.2) is 11.3 Å². The SMILES string of the molecule is CCc1nc2c(c(=O)n1CCCOC)c1nc3ccccc3nc1n2Cc1ccc(Cl)cc1. The molecule has 8 heteroatoms. The van der Waals surface area contributed by atoms with E-state index in [1.54, 1.807) is 11.7 Å². The number of ether oxygens (including phenoxy) is 1. The van der Waals surface area contributed by atoms with Gasteiger partial charge in [-0.3, -0.25) is 9.36 Å². The molecule has 33 heavy (non-hydrogen) atoms. The molecule has 0 saturated carbocycles. The molecule has 0 aliphatic carbocycles. The number of methoxy groups -OCH3 is 1. The summed E-state index contributed by atoms with van der Waals surface area (Å²) >= 11 is 6.08. The Balaban J connectivity index is 1.82. The molecule has 0 fully saturated rings. The molecule has 3 aromatic heterocycles. The van der Waals surface area contributed by atoms with E-state index in [2.05, 4.69) is 0 Å². The van der Waals surface area contributed by atoms with Crippen LogP contribution in [0.15, 0.2) is 53.3 Å². The minimum absolute atomic E-state index is 0.0857. The number of nitrogens with zero attached hydrogens (tertiary/aromatic N) is 5. The van der Waals surface area contributed by atoms with Gasteiger partial charge in [0.1, 0.15) is 16.7 Å². The molecule has 5 rings (SSSR count). The van der Waals surface area contributed by atoms with E-state index >= 15 is 0 Å². The number of hydrogen-bond donors (Lipinski definition) is 0. The van der Waals surface area contributed by atoms with E-state index in [9.17, 15) is 4.79 Å². The Labute approximate surface area is 195 Å². The van der Waals surface area contributed by atoms with Gasteiger partial charge in [0.2, 0.25) is 0 Å². The molecule has 3 heterocycles. The van der Waals surface area contributed by atoms with Crippen molar-refractivity contribution in [3.8, 4) is 0 Å². The van der Waals surface area contributed by atoms with Crippen LogP contribution in [0, 0.1) is 0 Å². The molecule has 0 amide bonds. The average Bonchev–Trinajstić information content (AvgIpc) is 3.12. The molecule has 0 aliphatic rings. The van der Waals surface area contributed by atoms with Crippen LogP contribution >= 0.6 is 11.6 Å². The van der Waals surface area contributed by atoms with Crippen molar-refractivity contribution < 1.29 is 4.74 Å². The quantitative estimate of drug-likeness (QED) is 0.331. The second-order valence-electron chi connectivity index (χ2n) is 7.98. The van der Waals surface area contributed by atoms with Gasteiger partial charge in [-0.25, -0.2) is 15.0 Å². The Bertz CT molecular complexity index is 1520. The normalized spacial score (nSPS) is 11.7. The van der Waals surface area contributed by atoms with E-state index in [1.807, 2.05) is 60.0 Å². The van der Waals surface area contributed by atoms with Gasteiger partial charge in [0, 0.05) is 31.7 Å². The van der Waals surface area contributed by atoms with Crippen LogP contribution in [-0.4, -0.2) is 37.8 Å². The molecule has 5 aromatic rings. The van der Waals surface area contributed by atoms with E-state index in [-0.39, 0.29) is 5.56 Å². The van der Waals surface area contributed by atoms with Crippen molar-refractivity contribution in [3.05, 3.63) is 75.3 Å². The first-order valence-corrected chi connectivity index (χ1v) is 11.4. The van der Waals surface area contributed by atoms with Gasteiger partial charge in [-0.15, -0.1) is 0 Å². The van der Waals surface area contributed by atoms with Crippen LogP contribution in [0.2, 0.25) is 5.02 Å². The third-order valence-electron chi connectivity index (χ3n) is 5.83. The van der Waals surface area contributed by atoms with Gasteiger partial charge in [-0.2, -0.15) is 0 Å². The van der Waals surface area contributed by atoms with Crippen LogP contribution < -0.4 is 5.56 Å². The summed E-state index contributed by atoms with van der Waals surface area (Å²) in [5.41, 5.74) is 4.33. The first-order valence-electron chi connectivity index (χ1n) is 11.0. The second-order valence-corrected chi connectivity index (χ2v) is 8.42. The summed E-state index contributed by atoms with van der Waals surface area (Å²) in [6.07, 6.45) is 1.37. The largest absolute Gasteiger partial charge is 0.385 e. The maximum absolute atomic E-state index is 13.7. The van der Waals surface area contributed by atoms with Gasteiger partial charge in [-0.05, 0) is 36.2 Å². The average molecular weight is 462 g/mol. The smallest absolute Gasteiger partial charge is 0.265 e. The number of aromatic nitrogens is 5. The lowest BCUT2D eigenvalue weighted by Crippen LogP contribution is -2.26. The summed E-state index contributed by atoms with van der Waals surface area (Å²) in [5.74, 6) is 0.744. The van der Waals surface area contributed by atoms with Crippen LogP contribution in [0.1, 0.15) is 24.7 Å². The Morgan fingerprint density at radius 3 is 2.36 bits per heavy atom. The van der Waals surface area contributed by atoms with E-state index in [0.29, 0.717) is 53.3 Å². The van der Waals surface area contributed by atoms with Crippen molar-refractivity contribution in [2.24, 2.45) is 0 Å². The predicted molar refractivity (Wildman–Crippen MR) is 131 cm³/mol. The molecule has 0 spiro atoms. The highest BCUT2D eigenvalue weighted by atomic mass is 35.5. The highest BCUT2D eigenvalue weighted by molar-refractivity contribution is 6.30. The summed E-state index contributed by atoms with van der Waals surface area (Å²) < 4.78 is 8.94. The van der Waals surface area contributed by atoms with E-state index < -0.39 is 0 Å². The number of para-hydroxylation sites is 2. The first-order chi connectivity index (χ1) is 16.1. The third kappa shape index (κ3) is 3.87. The van der Waals surface area contributed by atoms with Crippen molar-refractivity contribution in [1.82, 2.24) is 24.1 Å². The van der Waals surface area contributed by atoms with Crippen LogP contribution in [0.25, 0.3) is 33.2 Å². The Morgan fingerprint density at radius 1 is 0.939 bits per heavy atom. The lowest BCUT2D eigenvalue weighted by molar-refractivity contribution is 0.189. The van der Waals surface area contributed by atoms with Crippen molar-refractivity contribution >= 4 is 44.8 Å². The fourth-order valence-electron chi connectivity index (χ4n) is 4.23. The van der Waals surface area contributed by atoms with Gasteiger partial charge < -0.3 is 9.30 Å². The topological polar surface area (TPSA) is 74.8 Å². The molecule has 0 atom stereocenters. The zero-order valence-corrected chi connectivity index (χ0v) is 19.3. The summed E-state index contributed by atoms with van der Waals surface area (Å²) in [7, 11) is 1.66. The highest BCUT2D eigenvalue weighted by Gasteiger charge is 2.22. The van der Waals surface area contributed by atoms with Crippen molar-refractivity contribution in [3.63, 3.8) is 0 Å². The van der Waals surface area contributed by atoms with Gasteiger partial charge in [0.05, 0.1) is 17.6 Å². The standard InChI is InChI=1S/C25H24ClN5O2/c1-3-20-29-23-21(25(32)30(20)13-6-14-33-2)22-24(28-19-8-5-4-7-18(19)27-22)31(23)15-16-9-11-17(26)12-10-16/h4-5,7-12H,3,6,13-15H2,1-2H3. The number of aryl methyl sites for hydroxylation is 1. The maximum Gasteiger partial charge on any atom is 0.265 e. The van der Waals surface area contributed by atoms with Gasteiger partial charge in [0.25, 0.3) is 5.56 Å². The second kappa shape index (κ2) is 8.92. The Kier molecular flexibility index (Phi) is 5.83. The zero-order valence-electron chi connectivity index (χ0n) is 18.6. The molecule has 0 bridgehead atoms. The molecule has 168 valence electrons. The molecule has 2 aromatic carbocycles. The fourth-order valence-corrected chi connectivity index (χ4v) is 4.35. The number of halogens is 1. The third-order valence-corrected chi connectivity index (χ3v) is 6.08. The van der Waals surface area contributed by atoms with E-state index in [0.717, 1.165) is 28.8 Å². The number of benzene rings is 2. The molecule has 0 N–H and O–H groups in total. The predicted octanol–water partition coefficient (Wildman–Crippen LogP) is 4.60. The van der Waals surface area contributed by atoms with Crippen LogP contribution in [-0.2, 0) is 24.2 Å². The van der Waals surface area contributed by atoms with Crippen molar-refractivity contribution in [2.45, 2.75) is 32.9 Å². The minimum Gasteiger partial charge on any atom is -0.385 e. The van der Waals surface area contributed by atoms with E-state index in [4.69, 9.17) is 31.3 Å². The summed E-state index contributed by atoms with van der Waals surface area (Å²) in [4.78, 5) is 28.5. The number of hydrogen-bond acceptors (Lipinski definition) is 5. The van der Waals surface area contributed by atoms with Crippen LogP contribution in [0.4, 0.5) is 0 Å². The zero-order chi connectivity index (χ0) is 22.9. The first kappa shape index (κ1) is 21.6. The number of fused-ring (bicyclic) bond motifs is 4. The molecule has 0 unspecified atom stereocenters. The Hall–Kier alpha value is -3.29. The van der Waals surface area contributed by atoms with Crippen LogP contribution in [0.5, 0.6) is 0 Å². The molecule has 0 aliphatic heterocycles. The molecule has 7 nitrogen and oxygen atoms in total. The molecule has 0 saturated heterocycles. The fraction of sp³-hybridized carbons (Fsp3) is 0.280. The van der Waals surface area contributed by atoms with Crippen molar-refractivity contribution in [1.29, 1.82) is 0 Å². The Morgan fingerprint density at radius 2 is 1.67 bits per heavy atom. The van der Waals surface area contributed by atoms with Gasteiger partial charge in [-0.1, -0.05) is 42.8 Å². The van der Waals surface area contributed by atoms with Gasteiger partial charge >= 0.3 is 0 Å². The van der Waals surface area contributed by atoms with E-state index in [1.165, 1.54) is 0 Å². The lowest BCUT2D eigenvalue weighted by Gasteiger charge is -2.12. The van der Waals surface area contributed by atoms with Crippen LogP contribution in [0.3, 0.4) is 0 Å². The monoisotopic (exact) mass is 461 g/mol. The summed E-state index contributed by atoms with van der Waals surface area (Å²) in [5, 5.41) is 1.18. The number of rotatable bonds is 7. The molecule has 0 radical (unpaired) electrons. The molecular weight excluding hydrogens is 438 g/mol. The summed E-state index contributed by atoms with van der Waals surface area (Å²) in [6.45, 7) is 3.64. The maximum atomic E-state index is 13.7. The highest BCUT2D eigenvalue weighted by Crippen LogP contribution is 2.27. The minimum atomic E-state index is -0.0857. The lowest BCUT2D eigenvalue weighted by atomic mass is 10.2. The molecular formula is C25H24ClN5O2. The van der Waals surface area contributed by atoms with Crippen molar-refractivity contribution in [2.75, 3.05) is 13.7 Å².